The molecule has 456 valence electrons. The first-order chi connectivity index (χ1) is 40.2. The summed E-state index contributed by atoms with van der Waals surface area (Å²) in [6.45, 7) is 18.0. The monoisotopic (exact) mass is 1330 g/mol. The van der Waals surface area contributed by atoms with E-state index in [9.17, 15) is 20.2 Å². The lowest BCUT2D eigenvalue weighted by Crippen LogP contribution is -2.54. The van der Waals surface area contributed by atoms with Gasteiger partial charge in [0, 0.05) is 44.1 Å². The van der Waals surface area contributed by atoms with Crippen molar-refractivity contribution >= 4 is 81.3 Å². The molecule has 1 aliphatic rings. The number of hydrogen-bond acceptors (Lipinski definition) is 15. The number of ether oxygens (including phenoxy) is 6. The highest BCUT2D eigenvalue weighted by molar-refractivity contribution is 9.11. The summed E-state index contributed by atoms with van der Waals surface area (Å²) >= 11 is 13.8. The van der Waals surface area contributed by atoms with E-state index in [1.807, 2.05) is 69.2 Å². The van der Waals surface area contributed by atoms with E-state index in [4.69, 9.17) is 44.4 Å². The number of esters is 1. The number of alkyl carbamates (subject to hydrolysis) is 1. The number of phenolic OH excluding ortho intramolecular Hbond substituents is 1. The first-order valence-corrected chi connectivity index (χ1v) is 32.3. The molecule has 85 heavy (non-hydrogen) atoms. The standard InChI is InChI=1S/C60H74Br2ClN9O12Si/c1-13-82-57(76)53(54(84-85(11,12)60(5,6)7)37-21-23-46(73)44(63)30-37)66-55(74)50(65-56(75)51(67-58(77)83-59(2,3)4)38-28-42(61)52(43(62)29-38)69-71-72-25-17-18-26-72)36-22-24-47(79-9)41(27-36)49-40(31-39(78-8)32-48(49)80-10)45(68-70-64)34-81-33-35-19-15-14-16-20-35/h14-16,19-24,27-32,45,50-51,53-54,73H,13,17-18,25-26,33-34H2,1-12H3,(H,65,75)(H,66,74)(H,67,77)/t45-,50-,51-,53+,54-/m1/s1. The van der Waals surface area contributed by atoms with Crippen molar-refractivity contribution in [3.8, 4) is 34.1 Å². The number of hydrogen-bond donors (Lipinski definition) is 4. The van der Waals surface area contributed by atoms with Gasteiger partial charge in [-0.3, -0.25) is 14.6 Å². The Morgan fingerprint density at radius 1 is 0.800 bits per heavy atom. The number of nitrogens with one attached hydrogen (secondary N) is 3. The van der Waals surface area contributed by atoms with Crippen LogP contribution in [-0.2, 0) is 39.6 Å². The molecule has 1 aliphatic heterocycles. The van der Waals surface area contributed by atoms with Crippen LogP contribution in [0, 0.1) is 0 Å². The molecule has 6 rings (SSSR count). The first kappa shape index (κ1) is 67.2. The molecule has 5 atom stereocenters. The molecule has 0 radical (unpaired) electrons. The molecule has 5 aromatic carbocycles. The third-order valence-corrected chi connectivity index (χ3v) is 20.2. The molecule has 1 fully saturated rings. The lowest BCUT2D eigenvalue weighted by Gasteiger charge is -2.41. The van der Waals surface area contributed by atoms with Crippen LogP contribution in [0.3, 0.4) is 0 Å². The second-order valence-electron chi connectivity index (χ2n) is 22.4. The van der Waals surface area contributed by atoms with Crippen LogP contribution in [0.1, 0.15) is 113 Å². The maximum atomic E-state index is 15.9. The summed E-state index contributed by atoms with van der Waals surface area (Å²) in [4.78, 5) is 63.1. The Bertz CT molecular complexity index is 3240. The predicted molar refractivity (Wildman–Crippen MR) is 332 cm³/mol. The fraction of sp³-hybridized carbons (Fsp3) is 0.433. The van der Waals surface area contributed by atoms with E-state index in [0.29, 0.717) is 37.1 Å². The van der Waals surface area contributed by atoms with E-state index in [0.717, 1.165) is 31.5 Å². The second-order valence-corrected chi connectivity index (χ2v) is 29.3. The lowest BCUT2D eigenvalue weighted by atomic mass is 9.90. The van der Waals surface area contributed by atoms with Gasteiger partial charge >= 0.3 is 12.1 Å². The van der Waals surface area contributed by atoms with E-state index in [1.54, 1.807) is 70.2 Å². The van der Waals surface area contributed by atoms with Gasteiger partial charge in [-0.2, -0.15) is 0 Å². The van der Waals surface area contributed by atoms with E-state index >= 15 is 9.59 Å². The summed E-state index contributed by atoms with van der Waals surface area (Å²) in [7, 11) is 1.46. The summed E-state index contributed by atoms with van der Waals surface area (Å²) in [5.41, 5.74) is 12.0. The number of methoxy groups -OCH3 is 3. The summed E-state index contributed by atoms with van der Waals surface area (Å²) in [6, 6.07) is 19.0. The van der Waals surface area contributed by atoms with Crippen LogP contribution in [0.5, 0.6) is 23.0 Å². The Labute approximate surface area is 518 Å². The van der Waals surface area contributed by atoms with Crippen molar-refractivity contribution in [3.05, 3.63) is 143 Å². The van der Waals surface area contributed by atoms with Crippen molar-refractivity contribution in [1.29, 1.82) is 0 Å². The Morgan fingerprint density at radius 3 is 2.02 bits per heavy atom. The van der Waals surface area contributed by atoms with Gasteiger partial charge in [0.15, 0.2) is 14.4 Å². The normalized spacial score (nSPS) is 14.5. The van der Waals surface area contributed by atoms with E-state index in [-0.39, 0.29) is 58.8 Å². The number of azide groups is 1. The average molecular weight is 1340 g/mol. The molecule has 0 saturated carbocycles. The topological polar surface area (TPSA) is 266 Å². The molecule has 21 nitrogen and oxygen atoms in total. The Balaban J connectivity index is 1.59. The van der Waals surface area contributed by atoms with Gasteiger partial charge in [-0.25, -0.2) is 9.59 Å². The average Bonchev–Trinajstić information content (AvgIpc) is 1.78. The molecular formula is C60H74Br2ClN9O12Si. The minimum absolute atomic E-state index is 0.0468. The maximum Gasteiger partial charge on any atom is 0.408 e. The molecule has 0 unspecified atom stereocenters. The highest BCUT2D eigenvalue weighted by Gasteiger charge is 2.45. The molecule has 3 amide bonds. The number of halogens is 3. The minimum atomic E-state index is -2.89. The summed E-state index contributed by atoms with van der Waals surface area (Å²) < 4.78 is 43.2. The molecule has 0 bridgehead atoms. The third kappa shape index (κ3) is 17.8. The van der Waals surface area contributed by atoms with Crippen molar-refractivity contribution in [3.63, 3.8) is 0 Å². The first-order valence-electron chi connectivity index (χ1n) is 27.4. The minimum Gasteiger partial charge on any atom is -0.506 e. The third-order valence-electron chi connectivity index (χ3n) is 14.2. The number of rotatable bonds is 25. The van der Waals surface area contributed by atoms with Crippen molar-refractivity contribution in [2.75, 3.05) is 47.6 Å². The van der Waals surface area contributed by atoms with Gasteiger partial charge in [-0.05, 0) is 166 Å². The van der Waals surface area contributed by atoms with E-state index in [2.05, 4.69) is 68.2 Å². The molecule has 1 saturated heterocycles. The summed E-state index contributed by atoms with van der Waals surface area (Å²) in [5, 5.41) is 33.5. The summed E-state index contributed by atoms with van der Waals surface area (Å²) in [6.07, 6.45) is -0.291. The largest absolute Gasteiger partial charge is 0.506 e. The van der Waals surface area contributed by atoms with Gasteiger partial charge in [0.25, 0.3) is 0 Å². The Morgan fingerprint density at radius 2 is 1.44 bits per heavy atom. The van der Waals surface area contributed by atoms with Gasteiger partial charge in [-0.15, -0.1) is 5.11 Å². The zero-order valence-electron chi connectivity index (χ0n) is 49.8. The van der Waals surface area contributed by atoms with Crippen LogP contribution < -0.4 is 30.2 Å². The molecule has 4 N–H and O–H groups in total. The van der Waals surface area contributed by atoms with Crippen LogP contribution in [-0.4, -0.2) is 102 Å². The number of nitrogens with zero attached hydrogens (tertiary/aromatic N) is 6. The predicted octanol–water partition coefficient (Wildman–Crippen LogP) is 14.2. The van der Waals surface area contributed by atoms with Crippen molar-refractivity contribution in [2.24, 2.45) is 15.5 Å². The van der Waals surface area contributed by atoms with Gasteiger partial charge in [0.05, 0.1) is 52.2 Å². The quantitative estimate of drug-likeness (QED) is 0.0139. The molecule has 0 aromatic heterocycles. The van der Waals surface area contributed by atoms with Crippen molar-refractivity contribution < 1.29 is 57.1 Å². The van der Waals surface area contributed by atoms with Crippen molar-refractivity contribution in [1.82, 2.24) is 21.0 Å². The SMILES string of the molecule is CCOC(=O)[C@@H](NC(=O)[C@H](NC(=O)[C@H](NC(=O)OC(C)(C)C)c1cc(Br)c(N=NN2CCCC2)c(Br)c1)c1ccc(OC)c(-c2c(OC)cc(OC)cc2[C@@H](COCc2ccccc2)N=[N+]=[N-])c1)[C@H](O[Si](C)(C)C(C)(C)C)c1ccc(O)c(Cl)c1. The molecule has 5 aromatic rings. The fourth-order valence-corrected chi connectivity index (χ4v) is 11.7. The number of aromatic hydroxyl groups is 1. The molecule has 0 aliphatic carbocycles. The van der Waals surface area contributed by atoms with Crippen LogP contribution in [0.15, 0.2) is 115 Å². The molecule has 1 heterocycles. The van der Waals surface area contributed by atoms with Crippen LogP contribution in [0.25, 0.3) is 21.6 Å². The molecule has 25 heteroatoms. The van der Waals surface area contributed by atoms with Gasteiger partial charge in [-0.1, -0.05) is 85.2 Å². The Kier molecular flexibility index (Phi) is 23.7. The number of carbonyl (C=O) groups is 4. The Hall–Kier alpha value is -6.92. The highest BCUT2D eigenvalue weighted by Crippen LogP contribution is 2.47. The fourth-order valence-electron chi connectivity index (χ4n) is 8.90. The van der Waals surface area contributed by atoms with E-state index < -0.39 is 73.1 Å². The number of carbonyl (C=O) groups excluding carboxylic acids is 4. The van der Waals surface area contributed by atoms with Crippen molar-refractivity contribution in [2.45, 2.75) is 122 Å². The van der Waals surface area contributed by atoms with E-state index in [1.165, 1.54) is 39.5 Å². The molecule has 0 spiro atoms. The van der Waals surface area contributed by atoms with Gasteiger partial charge in [0.2, 0.25) is 11.8 Å². The van der Waals surface area contributed by atoms with Crippen LogP contribution in [0.4, 0.5) is 10.5 Å². The van der Waals surface area contributed by atoms with Gasteiger partial charge < -0.3 is 53.9 Å². The molecular weight excluding hydrogens is 1260 g/mol. The maximum absolute atomic E-state index is 15.9. The van der Waals surface area contributed by atoms with Crippen LogP contribution in [0.2, 0.25) is 23.2 Å². The van der Waals surface area contributed by atoms with Gasteiger partial charge in [0.1, 0.15) is 52.5 Å². The zero-order chi connectivity index (χ0) is 62.4. The lowest BCUT2D eigenvalue weighted by molar-refractivity contribution is -0.151. The van der Waals surface area contributed by atoms with Crippen LogP contribution >= 0.6 is 43.5 Å². The number of amides is 3. The second kappa shape index (κ2) is 29.9. The zero-order valence-corrected chi connectivity index (χ0v) is 54.7. The highest BCUT2D eigenvalue weighted by atomic mass is 79.9. The number of phenols is 1. The smallest absolute Gasteiger partial charge is 0.408 e. The summed E-state index contributed by atoms with van der Waals surface area (Å²) in [5.74, 6) is -2.16. The number of benzene rings is 5.